The second-order valence-corrected chi connectivity index (χ2v) is 6.97. The molecule has 0 atom stereocenters. The number of halogens is 3. The fraction of sp³-hybridized carbons (Fsp3) is 0.238. The first-order valence-corrected chi connectivity index (χ1v) is 9.19. The molecule has 0 unspecified atom stereocenters. The van der Waals surface area contributed by atoms with Gasteiger partial charge in [-0.3, -0.25) is 9.59 Å². The lowest BCUT2D eigenvalue weighted by molar-refractivity contribution is -0.274. The zero-order valence-corrected chi connectivity index (χ0v) is 15.6. The SMILES string of the molecule is O=C(O)Cn1c2c(c3ccccc31)CN(C(=O)c1ccc(OC(F)(F)F)cc1)CC2. The third-order valence-electron chi connectivity index (χ3n) is 5.08. The van der Waals surface area contributed by atoms with E-state index in [1.54, 1.807) is 9.47 Å². The zero-order chi connectivity index (χ0) is 21.5. The summed E-state index contributed by atoms with van der Waals surface area (Å²) in [7, 11) is 0. The minimum Gasteiger partial charge on any atom is -0.480 e. The summed E-state index contributed by atoms with van der Waals surface area (Å²) in [4.78, 5) is 25.8. The van der Waals surface area contributed by atoms with E-state index in [9.17, 15) is 27.9 Å². The number of aromatic nitrogens is 1. The van der Waals surface area contributed by atoms with Crippen molar-refractivity contribution in [1.82, 2.24) is 9.47 Å². The van der Waals surface area contributed by atoms with Crippen LogP contribution in [0.1, 0.15) is 21.6 Å². The Morgan fingerprint density at radius 1 is 1.07 bits per heavy atom. The first-order chi connectivity index (χ1) is 14.2. The number of carbonyl (C=O) groups excluding carboxylic acids is 1. The van der Waals surface area contributed by atoms with Crippen LogP contribution in [0.5, 0.6) is 5.75 Å². The van der Waals surface area contributed by atoms with E-state index >= 15 is 0 Å². The Balaban J connectivity index is 1.60. The van der Waals surface area contributed by atoms with Gasteiger partial charge in [0.1, 0.15) is 12.3 Å². The van der Waals surface area contributed by atoms with Gasteiger partial charge in [-0.1, -0.05) is 18.2 Å². The number of carboxylic acid groups (broad SMARTS) is 1. The highest BCUT2D eigenvalue weighted by atomic mass is 19.4. The summed E-state index contributed by atoms with van der Waals surface area (Å²) in [6.07, 6.45) is -4.31. The molecule has 0 fully saturated rings. The molecule has 1 aliphatic heterocycles. The molecule has 1 aliphatic rings. The molecular formula is C21H17F3N2O4. The minimum absolute atomic E-state index is 0.162. The average Bonchev–Trinajstić information content (AvgIpc) is 3.00. The van der Waals surface area contributed by atoms with Gasteiger partial charge in [0.15, 0.2) is 0 Å². The van der Waals surface area contributed by atoms with Gasteiger partial charge in [-0.25, -0.2) is 0 Å². The van der Waals surface area contributed by atoms with Crippen LogP contribution in [0.4, 0.5) is 13.2 Å². The fourth-order valence-electron chi connectivity index (χ4n) is 3.87. The molecule has 1 amide bonds. The van der Waals surface area contributed by atoms with Crippen molar-refractivity contribution in [2.45, 2.75) is 25.9 Å². The Morgan fingerprint density at radius 3 is 2.43 bits per heavy atom. The molecule has 0 spiro atoms. The Labute approximate surface area is 169 Å². The van der Waals surface area contributed by atoms with Crippen LogP contribution in [-0.4, -0.2) is 39.4 Å². The molecule has 0 saturated carbocycles. The zero-order valence-electron chi connectivity index (χ0n) is 15.6. The van der Waals surface area contributed by atoms with Crippen LogP contribution in [-0.2, 0) is 24.3 Å². The molecule has 0 saturated heterocycles. The number of aliphatic carboxylic acids is 1. The molecule has 0 aliphatic carbocycles. The summed E-state index contributed by atoms with van der Waals surface area (Å²) < 4.78 is 42.5. The molecule has 30 heavy (non-hydrogen) atoms. The van der Waals surface area contributed by atoms with Crippen molar-refractivity contribution in [2.75, 3.05) is 6.54 Å². The third kappa shape index (κ3) is 3.83. The average molecular weight is 418 g/mol. The first-order valence-electron chi connectivity index (χ1n) is 9.19. The van der Waals surface area contributed by atoms with Gasteiger partial charge in [0.25, 0.3) is 5.91 Å². The number of carboxylic acids is 1. The van der Waals surface area contributed by atoms with Crippen molar-refractivity contribution < 1.29 is 32.6 Å². The predicted molar refractivity (Wildman–Crippen MR) is 101 cm³/mol. The summed E-state index contributed by atoms with van der Waals surface area (Å²) >= 11 is 0. The number of fused-ring (bicyclic) bond motifs is 3. The minimum atomic E-state index is -4.79. The quantitative estimate of drug-likeness (QED) is 0.699. The van der Waals surface area contributed by atoms with Crippen LogP contribution in [0.25, 0.3) is 10.9 Å². The smallest absolute Gasteiger partial charge is 0.480 e. The molecule has 3 aromatic rings. The van der Waals surface area contributed by atoms with Crippen molar-refractivity contribution in [3.8, 4) is 5.75 Å². The van der Waals surface area contributed by atoms with Crippen molar-refractivity contribution in [2.24, 2.45) is 0 Å². The van der Waals surface area contributed by atoms with Crippen LogP contribution in [0.3, 0.4) is 0 Å². The third-order valence-corrected chi connectivity index (χ3v) is 5.08. The topological polar surface area (TPSA) is 71.8 Å². The molecule has 2 heterocycles. The Morgan fingerprint density at radius 2 is 1.77 bits per heavy atom. The molecular weight excluding hydrogens is 401 g/mol. The highest BCUT2D eigenvalue weighted by Gasteiger charge is 2.31. The molecule has 0 radical (unpaired) electrons. The van der Waals surface area contributed by atoms with Gasteiger partial charge in [-0.2, -0.15) is 0 Å². The van der Waals surface area contributed by atoms with E-state index in [2.05, 4.69) is 4.74 Å². The number of para-hydroxylation sites is 1. The van der Waals surface area contributed by atoms with Crippen molar-refractivity contribution in [3.05, 3.63) is 65.4 Å². The predicted octanol–water partition coefficient (Wildman–Crippen LogP) is 3.82. The molecule has 6 nitrogen and oxygen atoms in total. The maximum Gasteiger partial charge on any atom is 0.573 e. The standard InChI is InChI=1S/C21H17F3N2O4/c22-21(23,24)30-14-7-5-13(6-8-14)20(29)25-10-9-18-16(11-25)15-3-1-2-4-17(15)26(18)12-19(27)28/h1-8H,9-12H2,(H,27,28). The Bertz CT molecular complexity index is 1120. The van der Waals surface area contributed by atoms with Crippen LogP contribution in [0, 0.1) is 0 Å². The summed E-state index contributed by atoms with van der Waals surface area (Å²) in [5.74, 6) is -1.65. The number of hydrogen-bond donors (Lipinski definition) is 1. The number of hydrogen-bond acceptors (Lipinski definition) is 3. The lowest BCUT2D eigenvalue weighted by Gasteiger charge is -2.28. The molecule has 0 bridgehead atoms. The second kappa shape index (κ2) is 7.40. The number of benzene rings is 2. The van der Waals surface area contributed by atoms with Crippen LogP contribution >= 0.6 is 0 Å². The number of alkyl halides is 3. The summed E-state index contributed by atoms with van der Waals surface area (Å²) in [5, 5.41) is 10.2. The van der Waals surface area contributed by atoms with E-state index in [-0.39, 0.29) is 18.0 Å². The van der Waals surface area contributed by atoms with E-state index in [0.29, 0.717) is 19.5 Å². The van der Waals surface area contributed by atoms with E-state index in [0.717, 1.165) is 34.3 Å². The molecule has 1 N–H and O–H groups in total. The van der Waals surface area contributed by atoms with Crippen molar-refractivity contribution in [1.29, 1.82) is 0 Å². The van der Waals surface area contributed by atoms with Gasteiger partial charge in [0, 0.05) is 47.2 Å². The van der Waals surface area contributed by atoms with Crippen LogP contribution in [0.2, 0.25) is 0 Å². The Hall–Kier alpha value is -3.49. The lowest BCUT2D eigenvalue weighted by atomic mass is 10.0. The fourth-order valence-corrected chi connectivity index (χ4v) is 3.87. The number of amides is 1. The summed E-state index contributed by atoms with van der Waals surface area (Å²) in [6.45, 7) is 0.509. The molecule has 1 aromatic heterocycles. The van der Waals surface area contributed by atoms with E-state index in [1.165, 1.54) is 12.1 Å². The molecule has 156 valence electrons. The molecule has 2 aromatic carbocycles. The van der Waals surface area contributed by atoms with Crippen LogP contribution in [0.15, 0.2) is 48.5 Å². The molecule has 9 heteroatoms. The van der Waals surface area contributed by atoms with E-state index < -0.39 is 18.1 Å². The van der Waals surface area contributed by atoms with E-state index in [1.807, 2.05) is 24.3 Å². The monoisotopic (exact) mass is 418 g/mol. The highest BCUT2D eigenvalue weighted by Crippen LogP contribution is 2.32. The molecule has 4 rings (SSSR count). The number of carbonyl (C=O) groups is 2. The second-order valence-electron chi connectivity index (χ2n) is 6.97. The van der Waals surface area contributed by atoms with E-state index in [4.69, 9.17) is 0 Å². The van der Waals surface area contributed by atoms with Gasteiger partial charge >= 0.3 is 12.3 Å². The van der Waals surface area contributed by atoms with Crippen molar-refractivity contribution in [3.63, 3.8) is 0 Å². The number of ether oxygens (including phenoxy) is 1. The largest absolute Gasteiger partial charge is 0.573 e. The van der Waals surface area contributed by atoms with Crippen LogP contribution < -0.4 is 4.74 Å². The van der Waals surface area contributed by atoms with Gasteiger partial charge in [-0.15, -0.1) is 13.2 Å². The normalized spacial score (nSPS) is 13.9. The number of rotatable bonds is 4. The summed E-state index contributed by atoms with van der Waals surface area (Å²) in [5.41, 5.74) is 2.83. The highest BCUT2D eigenvalue weighted by molar-refractivity contribution is 5.95. The van der Waals surface area contributed by atoms with Gasteiger partial charge in [-0.05, 0) is 30.3 Å². The maximum absolute atomic E-state index is 12.9. The van der Waals surface area contributed by atoms with Gasteiger partial charge < -0.3 is 19.3 Å². The summed E-state index contributed by atoms with van der Waals surface area (Å²) in [6, 6.07) is 12.2. The van der Waals surface area contributed by atoms with Gasteiger partial charge in [0.2, 0.25) is 0 Å². The Kier molecular flexibility index (Phi) is 4.89. The first kappa shape index (κ1) is 19.8. The lowest BCUT2D eigenvalue weighted by Crippen LogP contribution is -2.36. The number of nitrogens with zero attached hydrogens (tertiary/aromatic N) is 2. The van der Waals surface area contributed by atoms with Gasteiger partial charge in [0.05, 0.1) is 0 Å². The van der Waals surface area contributed by atoms with Crippen molar-refractivity contribution >= 4 is 22.8 Å². The maximum atomic E-state index is 12.9.